The summed E-state index contributed by atoms with van der Waals surface area (Å²) in [6, 6.07) is 6.07. The molecule has 0 atom stereocenters. The van der Waals surface area contributed by atoms with Crippen LogP contribution in [0.3, 0.4) is 0 Å². The predicted molar refractivity (Wildman–Crippen MR) is 84.7 cm³/mol. The fourth-order valence-electron chi connectivity index (χ4n) is 2.15. The molecule has 0 saturated carbocycles. The minimum atomic E-state index is -0.758. The molecule has 1 aromatic carbocycles. The molecule has 0 radical (unpaired) electrons. The van der Waals surface area contributed by atoms with Crippen molar-refractivity contribution in [1.29, 1.82) is 0 Å². The van der Waals surface area contributed by atoms with Crippen LogP contribution in [0, 0.1) is 11.6 Å². The van der Waals surface area contributed by atoms with Crippen LogP contribution in [-0.2, 0) is 11.2 Å². The number of anilines is 1. The zero-order chi connectivity index (χ0) is 17.8. The first-order valence-electron chi connectivity index (χ1n) is 7.37. The lowest BCUT2D eigenvalue weighted by atomic mass is 10.2. The summed E-state index contributed by atoms with van der Waals surface area (Å²) in [6.45, 7) is 0. The van der Waals surface area contributed by atoms with Crippen LogP contribution < -0.4 is 5.32 Å². The first kappa shape index (κ1) is 16.6. The van der Waals surface area contributed by atoms with Gasteiger partial charge in [-0.15, -0.1) is 0 Å². The molecule has 6 nitrogen and oxygen atoms in total. The summed E-state index contributed by atoms with van der Waals surface area (Å²) >= 11 is 0. The van der Waals surface area contributed by atoms with E-state index in [-0.39, 0.29) is 47.5 Å². The summed E-state index contributed by atoms with van der Waals surface area (Å²) in [5.41, 5.74) is 0.0861. The molecular formula is C17H13F2N3O3. The molecule has 0 aliphatic rings. The number of oxazole rings is 1. The van der Waals surface area contributed by atoms with Crippen LogP contribution in [0.15, 0.2) is 47.1 Å². The zero-order valence-electron chi connectivity index (χ0n) is 12.9. The Labute approximate surface area is 141 Å². The lowest BCUT2D eigenvalue weighted by molar-refractivity contribution is -0.116. The van der Waals surface area contributed by atoms with Gasteiger partial charge in [-0.2, -0.15) is 0 Å². The lowest BCUT2D eigenvalue weighted by Gasteiger charge is -2.04. The molecule has 0 unspecified atom stereocenters. The van der Waals surface area contributed by atoms with Crippen molar-refractivity contribution >= 4 is 11.7 Å². The largest absolute Gasteiger partial charge is 0.504 e. The number of aryl methyl sites for hydroxylation is 1. The van der Waals surface area contributed by atoms with E-state index >= 15 is 0 Å². The molecule has 25 heavy (non-hydrogen) atoms. The molecule has 0 aliphatic carbocycles. The molecule has 1 amide bonds. The first-order chi connectivity index (χ1) is 12.0. The Morgan fingerprint density at radius 2 is 2.08 bits per heavy atom. The predicted octanol–water partition coefficient (Wildman–Crippen LogP) is 3.29. The van der Waals surface area contributed by atoms with E-state index in [0.29, 0.717) is 0 Å². The van der Waals surface area contributed by atoms with Crippen LogP contribution in [0.25, 0.3) is 11.3 Å². The molecule has 2 aromatic heterocycles. The van der Waals surface area contributed by atoms with Gasteiger partial charge >= 0.3 is 0 Å². The molecule has 2 N–H and O–H groups in total. The maximum absolute atomic E-state index is 13.7. The molecule has 2 heterocycles. The van der Waals surface area contributed by atoms with Gasteiger partial charge in [0, 0.05) is 25.1 Å². The van der Waals surface area contributed by atoms with E-state index in [9.17, 15) is 18.7 Å². The second-order valence-electron chi connectivity index (χ2n) is 5.16. The average molecular weight is 345 g/mol. The van der Waals surface area contributed by atoms with E-state index in [1.807, 2.05) is 0 Å². The van der Waals surface area contributed by atoms with Gasteiger partial charge in [0.05, 0.1) is 11.8 Å². The third-order valence-corrected chi connectivity index (χ3v) is 3.36. The summed E-state index contributed by atoms with van der Waals surface area (Å²) in [4.78, 5) is 19.7. The molecular weight excluding hydrogens is 332 g/mol. The van der Waals surface area contributed by atoms with Gasteiger partial charge in [0.2, 0.25) is 5.91 Å². The number of amides is 1. The molecule has 0 saturated heterocycles. The topological polar surface area (TPSA) is 88.3 Å². The second-order valence-corrected chi connectivity index (χ2v) is 5.16. The average Bonchev–Trinajstić information content (AvgIpc) is 3.04. The maximum atomic E-state index is 13.7. The Morgan fingerprint density at radius 3 is 2.84 bits per heavy atom. The monoisotopic (exact) mass is 345 g/mol. The van der Waals surface area contributed by atoms with Crippen molar-refractivity contribution in [3.05, 3.63) is 60.3 Å². The lowest BCUT2D eigenvalue weighted by Crippen LogP contribution is -2.13. The Balaban J connectivity index is 1.62. The number of carbonyl (C=O) groups excluding carboxylic acids is 1. The number of carbonyl (C=O) groups is 1. The highest BCUT2D eigenvalue weighted by molar-refractivity contribution is 5.91. The number of aromatic nitrogens is 2. The fourth-order valence-corrected chi connectivity index (χ4v) is 2.15. The van der Waals surface area contributed by atoms with Crippen molar-refractivity contribution in [2.45, 2.75) is 12.8 Å². The summed E-state index contributed by atoms with van der Waals surface area (Å²) < 4.78 is 32.0. The first-order valence-corrected chi connectivity index (χ1v) is 7.37. The van der Waals surface area contributed by atoms with E-state index in [1.54, 1.807) is 0 Å². The van der Waals surface area contributed by atoms with Crippen molar-refractivity contribution in [3.63, 3.8) is 0 Å². The fraction of sp³-hybridized carbons (Fsp3) is 0.118. The Morgan fingerprint density at radius 1 is 1.24 bits per heavy atom. The molecule has 0 aliphatic heterocycles. The van der Waals surface area contributed by atoms with E-state index in [4.69, 9.17) is 4.42 Å². The van der Waals surface area contributed by atoms with E-state index in [1.165, 1.54) is 30.6 Å². The number of halogens is 2. The number of pyridine rings is 1. The maximum Gasteiger partial charge on any atom is 0.226 e. The van der Waals surface area contributed by atoms with E-state index < -0.39 is 11.6 Å². The number of aromatic hydroxyl groups is 1. The van der Waals surface area contributed by atoms with Gasteiger partial charge in [0.15, 0.2) is 23.2 Å². The molecule has 3 aromatic rings. The van der Waals surface area contributed by atoms with Crippen molar-refractivity contribution in [2.75, 3.05) is 5.32 Å². The highest BCUT2D eigenvalue weighted by Crippen LogP contribution is 2.24. The van der Waals surface area contributed by atoms with Gasteiger partial charge < -0.3 is 14.8 Å². The zero-order valence-corrected chi connectivity index (χ0v) is 12.9. The van der Waals surface area contributed by atoms with Gasteiger partial charge in [0.1, 0.15) is 11.6 Å². The van der Waals surface area contributed by atoms with Gasteiger partial charge in [-0.05, 0) is 24.3 Å². The van der Waals surface area contributed by atoms with E-state index in [0.717, 1.165) is 12.1 Å². The van der Waals surface area contributed by atoms with Crippen LogP contribution >= 0.6 is 0 Å². The Hall–Kier alpha value is -3.29. The summed E-state index contributed by atoms with van der Waals surface area (Å²) in [6.07, 6.45) is 2.95. The van der Waals surface area contributed by atoms with Crippen LogP contribution in [0.1, 0.15) is 12.3 Å². The van der Waals surface area contributed by atoms with Gasteiger partial charge in [-0.25, -0.2) is 18.7 Å². The summed E-state index contributed by atoms with van der Waals surface area (Å²) in [5.74, 6) is -1.52. The number of benzene rings is 1. The smallest absolute Gasteiger partial charge is 0.226 e. The Bertz CT molecular complexity index is 912. The standard InChI is InChI=1S/C17H13F2N3O3/c18-10-3-4-11(12(19)8-10)14-9-21-16(25-14)6-5-15(24)22-17-13(23)2-1-7-20-17/h1-4,7-9,23H,5-6H2,(H,20,22,24). The van der Waals surface area contributed by atoms with Crippen molar-refractivity contribution in [1.82, 2.24) is 9.97 Å². The molecule has 3 rings (SSSR count). The number of nitrogens with zero attached hydrogens (tertiary/aromatic N) is 2. The molecule has 0 fully saturated rings. The highest BCUT2D eigenvalue weighted by Gasteiger charge is 2.13. The molecule has 8 heteroatoms. The van der Waals surface area contributed by atoms with Crippen molar-refractivity contribution < 1.29 is 23.1 Å². The number of hydrogen-bond donors (Lipinski definition) is 2. The number of hydrogen-bond acceptors (Lipinski definition) is 5. The van der Waals surface area contributed by atoms with Crippen molar-refractivity contribution in [3.8, 4) is 17.1 Å². The molecule has 0 bridgehead atoms. The van der Waals surface area contributed by atoms with Crippen molar-refractivity contribution in [2.24, 2.45) is 0 Å². The number of rotatable bonds is 5. The van der Waals surface area contributed by atoms with Gasteiger partial charge in [0.25, 0.3) is 0 Å². The highest BCUT2D eigenvalue weighted by atomic mass is 19.1. The van der Waals surface area contributed by atoms with Crippen LogP contribution in [-0.4, -0.2) is 21.0 Å². The van der Waals surface area contributed by atoms with Crippen LogP contribution in [0.2, 0.25) is 0 Å². The second kappa shape index (κ2) is 7.08. The Kier molecular flexibility index (Phi) is 4.69. The van der Waals surface area contributed by atoms with Crippen LogP contribution in [0.5, 0.6) is 5.75 Å². The van der Waals surface area contributed by atoms with Crippen LogP contribution in [0.4, 0.5) is 14.6 Å². The summed E-state index contributed by atoms with van der Waals surface area (Å²) in [5, 5.41) is 12.0. The molecule has 0 spiro atoms. The third-order valence-electron chi connectivity index (χ3n) is 3.36. The van der Waals surface area contributed by atoms with E-state index in [2.05, 4.69) is 15.3 Å². The normalized spacial score (nSPS) is 10.6. The number of nitrogens with one attached hydrogen (secondary N) is 1. The third kappa shape index (κ3) is 3.97. The quantitative estimate of drug-likeness (QED) is 0.741. The van der Waals surface area contributed by atoms with Gasteiger partial charge in [-0.3, -0.25) is 4.79 Å². The van der Waals surface area contributed by atoms with Gasteiger partial charge in [-0.1, -0.05) is 0 Å². The SMILES string of the molecule is O=C(CCc1ncc(-c2ccc(F)cc2F)o1)Nc1ncccc1O. The summed E-state index contributed by atoms with van der Waals surface area (Å²) in [7, 11) is 0. The molecule has 128 valence electrons. The minimum absolute atomic E-state index is 0.0296. The minimum Gasteiger partial charge on any atom is -0.504 e.